The van der Waals surface area contributed by atoms with Gasteiger partial charge in [0.15, 0.2) is 5.78 Å². The maximum atomic E-state index is 11.4. The highest BCUT2D eigenvalue weighted by Crippen LogP contribution is 2.06. The summed E-state index contributed by atoms with van der Waals surface area (Å²) in [4.78, 5) is 15.6. The summed E-state index contributed by atoms with van der Waals surface area (Å²) < 4.78 is 0. The van der Waals surface area contributed by atoms with Gasteiger partial charge in [-0.1, -0.05) is 6.07 Å². The zero-order valence-corrected chi connectivity index (χ0v) is 8.16. The van der Waals surface area contributed by atoms with E-state index in [1.807, 2.05) is 19.9 Å². The molecule has 0 radical (unpaired) electrons. The molecular weight excluding hydrogens is 164 g/mol. The topological polar surface area (TPSA) is 56.0 Å². The van der Waals surface area contributed by atoms with E-state index < -0.39 is 6.04 Å². The Morgan fingerprint density at radius 3 is 2.54 bits per heavy atom. The van der Waals surface area contributed by atoms with Gasteiger partial charge in [-0.3, -0.25) is 4.79 Å². The summed E-state index contributed by atoms with van der Waals surface area (Å²) in [6, 6.07) is 3.13. The van der Waals surface area contributed by atoms with Crippen LogP contribution in [-0.2, 0) is 0 Å². The second kappa shape index (κ2) is 3.66. The molecule has 1 rings (SSSR count). The van der Waals surface area contributed by atoms with Gasteiger partial charge in [0, 0.05) is 5.69 Å². The van der Waals surface area contributed by atoms with Crippen molar-refractivity contribution in [1.29, 1.82) is 0 Å². The van der Waals surface area contributed by atoms with E-state index in [0.717, 1.165) is 11.3 Å². The van der Waals surface area contributed by atoms with Crippen molar-refractivity contribution in [3.05, 3.63) is 29.1 Å². The maximum Gasteiger partial charge on any atom is 0.197 e. The number of aromatic nitrogens is 1. The van der Waals surface area contributed by atoms with Crippen LogP contribution in [0.2, 0.25) is 0 Å². The first-order valence-electron chi connectivity index (χ1n) is 4.26. The van der Waals surface area contributed by atoms with E-state index >= 15 is 0 Å². The van der Waals surface area contributed by atoms with E-state index in [2.05, 4.69) is 4.98 Å². The molecule has 3 nitrogen and oxygen atoms in total. The minimum Gasteiger partial charge on any atom is -0.321 e. The molecule has 1 aromatic heterocycles. The molecular formula is C10H14N2O. The van der Waals surface area contributed by atoms with Gasteiger partial charge in [-0.15, -0.1) is 0 Å². The Kier molecular flexibility index (Phi) is 2.78. The fourth-order valence-corrected chi connectivity index (χ4v) is 1.00. The molecule has 0 amide bonds. The fourth-order valence-electron chi connectivity index (χ4n) is 1.00. The predicted octanol–water partition coefficient (Wildman–Crippen LogP) is 1.23. The number of ketones is 1. The number of hydrogen-bond donors (Lipinski definition) is 1. The van der Waals surface area contributed by atoms with Gasteiger partial charge in [-0.25, -0.2) is 4.98 Å². The molecule has 0 aliphatic rings. The lowest BCUT2D eigenvalue weighted by atomic mass is 10.1. The van der Waals surface area contributed by atoms with Crippen molar-refractivity contribution in [1.82, 2.24) is 4.98 Å². The highest BCUT2D eigenvalue weighted by atomic mass is 16.1. The molecule has 1 heterocycles. The third-order valence-electron chi connectivity index (χ3n) is 2.02. The van der Waals surface area contributed by atoms with Gasteiger partial charge in [0.1, 0.15) is 5.69 Å². The monoisotopic (exact) mass is 178 g/mol. The van der Waals surface area contributed by atoms with Crippen molar-refractivity contribution in [2.45, 2.75) is 26.8 Å². The molecule has 0 bridgehead atoms. The number of hydrogen-bond acceptors (Lipinski definition) is 3. The van der Waals surface area contributed by atoms with Crippen LogP contribution in [0.3, 0.4) is 0 Å². The van der Waals surface area contributed by atoms with Crippen LogP contribution in [0.15, 0.2) is 12.1 Å². The summed E-state index contributed by atoms with van der Waals surface area (Å²) in [5.41, 5.74) is 7.89. The molecule has 1 aromatic rings. The lowest BCUT2D eigenvalue weighted by Crippen LogP contribution is -2.27. The number of pyridine rings is 1. The first-order valence-corrected chi connectivity index (χ1v) is 4.26. The van der Waals surface area contributed by atoms with E-state index in [1.165, 1.54) is 0 Å². The van der Waals surface area contributed by atoms with Gasteiger partial charge in [-0.05, 0) is 32.4 Å². The Balaban J connectivity index is 3.04. The highest BCUT2D eigenvalue weighted by molar-refractivity contribution is 5.98. The first-order chi connectivity index (χ1) is 6.02. The van der Waals surface area contributed by atoms with E-state index in [-0.39, 0.29) is 5.78 Å². The van der Waals surface area contributed by atoms with Crippen molar-refractivity contribution in [2.75, 3.05) is 0 Å². The number of nitrogens with zero attached hydrogens (tertiary/aromatic N) is 1. The molecule has 3 heteroatoms. The minimum atomic E-state index is -0.477. The van der Waals surface area contributed by atoms with Crippen molar-refractivity contribution in [2.24, 2.45) is 5.73 Å². The first kappa shape index (κ1) is 9.86. The molecule has 0 fully saturated rings. The lowest BCUT2D eigenvalue weighted by Gasteiger charge is -2.05. The molecule has 0 aromatic carbocycles. The van der Waals surface area contributed by atoms with Crippen LogP contribution in [0.25, 0.3) is 0 Å². The third-order valence-corrected chi connectivity index (χ3v) is 2.02. The molecule has 0 spiro atoms. The van der Waals surface area contributed by atoms with Gasteiger partial charge < -0.3 is 5.73 Å². The molecule has 70 valence electrons. The van der Waals surface area contributed by atoms with Gasteiger partial charge >= 0.3 is 0 Å². The molecule has 0 aliphatic heterocycles. The second-order valence-corrected chi connectivity index (χ2v) is 3.25. The number of Topliss-reactive ketones (excluding diaryl/α,β-unsaturated/α-hetero) is 1. The Morgan fingerprint density at radius 1 is 1.46 bits per heavy atom. The van der Waals surface area contributed by atoms with Crippen molar-refractivity contribution in [3.8, 4) is 0 Å². The van der Waals surface area contributed by atoms with Crippen LogP contribution in [-0.4, -0.2) is 16.8 Å². The average Bonchev–Trinajstić information content (AvgIpc) is 2.08. The third kappa shape index (κ3) is 2.12. The zero-order chi connectivity index (χ0) is 10.0. The Morgan fingerprint density at radius 2 is 2.08 bits per heavy atom. The fraction of sp³-hybridized carbons (Fsp3) is 0.400. The minimum absolute atomic E-state index is 0.108. The molecule has 2 N–H and O–H groups in total. The highest BCUT2D eigenvalue weighted by Gasteiger charge is 2.12. The van der Waals surface area contributed by atoms with Crippen molar-refractivity contribution in [3.63, 3.8) is 0 Å². The standard InChI is InChI=1S/C10H14N2O/c1-6-4-5-9(12-8(6)3)10(13)7(2)11/h4-5,7H,11H2,1-3H3. The van der Waals surface area contributed by atoms with Crippen LogP contribution in [0.4, 0.5) is 0 Å². The SMILES string of the molecule is Cc1ccc(C(=O)C(C)N)nc1C. The summed E-state index contributed by atoms with van der Waals surface area (Å²) in [6.07, 6.45) is 0. The zero-order valence-electron chi connectivity index (χ0n) is 8.16. The molecule has 13 heavy (non-hydrogen) atoms. The van der Waals surface area contributed by atoms with Gasteiger partial charge in [-0.2, -0.15) is 0 Å². The van der Waals surface area contributed by atoms with Crippen LogP contribution in [0.5, 0.6) is 0 Å². The lowest BCUT2D eigenvalue weighted by molar-refractivity contribution is 0.0963. The van der Waals surface area contributed by atoms with Crippen molar-refractivity contribution < 1.29 is 4.79 Å². The Hall–Kier alpha value is -1.22. The number of rotatable bonds is 2. The van der Waals surface area contributed by atoms with Crippen LogP contribution < -0.4 is 5.73 Å². The predicted molar refractivity (Wildman–Crippen MR) is 51.7 cm³/mol. The van der Waals surface area contributed by atoms with Gasteiger partial charge in [0.2, 0.25) is 0 Å². The Labute approximate surface area is 78.0 Å². The van der Waals surface area contributed by atoms with E-state index in [0.29, 0.717) is 5.69 Å². The molecule has 0 saturated heterocycles. The maximum absolute atomic E-state index is 11.4. The number of nitrogens with two attached hydrogens (primary N) is 1. The second-order valence-electron chi connectivity index (χ2n) is 3.25. The van der Waals surface area contributed by atoms with Crippen molar-refractivity contribution >= 4 is 5.78 Å². The van der Waals surface area contributed by atoms with Gasteiger partial charge in [0.05, 0.1) is 6.04 Å². The summed E-state index contributed by atoms with van der Waals surface area (Å²) in [7, 11) is 0. The quantitative estimate of drug-likeness (QED) is 0.693. The van der Waals surface area contributed by atoms with E-state index in [1.54, 1.807) is 13.0 Å². The summed E-state index contributed by atoms with van der Waals surface area (Å²) in [6.45, 7) is 5.51. The molecule has 1 unspecified atom stereocenters. The van der Waals surface area contributed by atoms with E-state index in [4.69, 9.17) is 5.73 Å². The largest absolute Gasteiger partial charge is 0.321 e. The average molecular weight is 178 g/mol. The Bertz CT molecular complexity index is 332. The number of carbonyl (C=O) groups is 1. The number of aryl methyl sites for hydroxylation is 2. The number of carbonyl (C=O) groups excluding carboxylic acids is 1. The summed E-state index contributed by atoms with van der Waals surface area (Å²) >= 11 is 0. The smallest absolute Gasteiger partial charge is 0.197 e. The molecule has 0 aliphatic carbocycles. The van der Waals surface area contributed by atoms with E-state index in [9.17, 15) is 4.79 Å². The summed E-state index contributed by atoms with van der Waals surface area (Å²) in [5.74, 6) is -0.108. The van der Waals surface area contributed by atoms with Crippen LogP contribution in [0.1, 0.15) is 28.7 Å². The van der Waals surface area contributed by atoms with Gasteiger partial charge in [0.25, 0.3) is 0 Å². The van der Waals surface area contributed by atoms with Crippen LogP contribution in [0, 0.1) is 13.8 Å². The van der Waals surface area contributed by atoms with Crippen LogP contribution >= 0.6 is 0 Å². The normalized spacial score (nSPS) is 12.6. The summed E-state index contributed by atoms with van der Waals surface area (Å²) in [5, 5.41) is 0. The molecule has 0 saturated carbocycles. The molecule has 1 atom stereocenters.